The molecule has 0 saturated carbocycles. The molecule has 0 aliphatic heterocycles. The fourth-order valence-corrected chi connectivity index (χ4v) is 2.26. The Morgan fingerprint density at radius 3 is 2.70 bits per heavy atom. The number of carbonyl (C=O) groups is 1. The second-order valence-corrected chi connectivity index (χ2v) is 6.46. The lowest BCUT2D eigenvalue weighted by Gasteiger charge is -2.25. The average molecular weight is 359 g/mol. The monoisotopic (exact) mass is 358 g/mol. The number of halogens is 1. The Morgan fingerprint density at radius 1 is 1.50 bits per heavy atom. The lowest BCUT2D eigenvalue weighted by atomic mass is 10.1. The zero-order valence-corrected chi connectivity index (χ0v) is 14.0. The van der Waals surface area contributed by atoms with E-state index in [1.165, 1.54) is 6.07 Å². The van der Waals surface area contributed by atoms with Crippen molar-refractivity contribution in [3.8, 4) is 5.75 Å². The molecule has 0 bridgehead atoms. The van der Waals surface area contributed by atoms with E-state index >= 15 is 0 Å². The molecule has 0 spiro atoms. The van der Waals surface area contributed by atoms with Crippen LogP contribution in [-0.2, 0) is 0 Å². The van der Waals surface area contributed by atoms with E-state index in [-0.39, 0.29) is 17.2 Å². The number of benzene rings is 1. The highest BCUT2D eigenvalue weighted by molar-refractivity contribution is 9.10. The second-order valence-electron chi connectivity index (χ2n) is 5.02. The van der Waals surface area contributed by atoms with Gasteiger partial charge in [-0.2, -0.15) is 0 Å². The van der Waals surface area contributed by atoms with Crippen molar-refractivity contribution in [2.75, 3.05) is 13.1 Å². The van der Waals surface area contributed by atoms with Crippen LogP contribution in [0.1, 0.15) is 30.6 Å². The van der Waals surface area contributed by atoms with Crippen molar-refractivity contribution in [1.29, 1.82) is 0 Å². The molecule has 110 valence electrons. The molecule has 0 aliphatic rings. The minimum absolute atomic E-state index is 0.0257. The van der Waals surface area contributed by atoms with Crippen LogP contribution in [0.4, 0.5) is 0 Å². The maximum Gasteiger partial charge on any atom is 0.257 e. The van der Waals surface area contributed by atoms with Gasteiger partial charge in [0.1, 0.15) is 5.75 Å². The SMILES string of the molecule is CC(C)CN(CCC(N)=S)C(=O)c1cc(Br)ccc1O. The smallest absolute Gasteiger partial charge is 0.257 e. The lowest BCUT2D eigenvalue weighted by Crippen LogP contribution is -2.36. The lowest BCUT2D eigenvalue weighted by molar-refractivity contribution is 0.0738. The number of carbonyl (C=O) groups excluding carboxylic acids is 1. The van der Waals surface area contributed by atoms with Crippen LogP contribution in [0.15, 0.2) is 22.7 Å². The molecule has 0 heterocycles. The molecule has 20 heavy (non-hydrogen) atoms. The summed E-state index contributed by atoms with van der Waals surface area (Å²) >= 11 is 8.16. The Morgan fingerprint density at radius 2 is 2.15 bits per heavy atom. The highest BCUT2D eigenvalue weighted by atomic mass is 79.9. The third-order valence-electron chi connectivity index (χ3n) is 2.69. The van der Waals surface area contributed by atoms with Crippen molar-refractivity contribution >= 4 is 39.0 Å². The summed E-state index contributed by atoms with van der Waals surface area (Å²) in [4.78, 5) is 14.6. The number of nitrogens with two attached hydrogens (primary N) is 1. The van der Waals surface area contributed by atoms with E-state index in [4.69, 9.17) is 18.0 Å². The largest absolute Gasteiger partial charge is 0.507 e. The fourth-order valence-electron chi connectivity index (χ4n) is 1.81. The molecule has 4 nitrogen and oxygen atoms in total. The second kappa shape index (κ2) is 7.59. The van der Waals surface area contributed by atoms with E-state index in [0.717, 1.165) is 4.47 Å². The predicted molar refractivity (Wildman–Crippen MR) is 88.0 cm³/mol. The first-order chi connectivity index (χ1) is 9.31. The predicted octanol–water partition coefficient (Wildman–Crippen LogP) is 2.93. The third-order valence-corrected chi connectivity index (χ3v) is 3.39. The zero-order valence-electron chi connectivity index (χ0n) is 11.6. The molecule has 1 aromatic rings. The summed E-state index contributed by atoms with van der Waals surface area (Å²) in [7, 11) is 0. The van der Waals surface area contributed by atoms with Gasteiger partial charge in [-0.25, -0.2) is 0 Å². The highest BCUT2D eigenvalue weighted by Crippen LogP contribution is 2.23. The average Bonchev–Trinajstić information content (AvgIpc) is 2.36. The van der Waals surface area contributed by atoms with E-state index in [1.807, 2.05) is 13.8 Å². The van der Waals surface area contributed by atoms with Gasteiger partial charge in [0.05, 0.1) is 10.6 Å². The third kappa shape index (κ3) is 5.09. The normalized spacial score (nSPS) is 10.6. The van der Waals surface area contributed by atoms with Gasteiger partial charge in [0.25, 0.3) is 5.91 Å². The van der Waals surface area contributed by atoms with Crippen LogP contribution in [0.25, 0.3) is 0 Å². The van der Waals surface area contributed by atoms with Crippen LogP contribution in [0, 0.1) is 5.92 Å². The van der Waals surface area contributed by atoms with Crippen molar-refractivity contribution in [3.05, 3.63) is 28.2 Å². The van der Waals surface area contributed by atoms with Gasteiger partial charge < -0.3 is 15.7 Å². The van der Waals surface area contributed by atoms with Crippen LogP contribution < -0.4 is 5.73 Å². The maximum atomic E-state index is 12.5. The van der Waals surface area contributed by atoms with Gasteiger partial charge in [-0.05, 0) is 24.1 Å². The van der Waals surface area contributed by atoms with Gasteiger partial charge in [0.15, 0.2) is 0 Å². The number of phenolic OH excluding ortho intramolecular Hbond substituents is 1. The highest BCUT2D eigenvalue weighted by Gasteiger charge is 2.20. The first-order valence-electron chi connectivity index (χ1n) is 6.37. The van der Waals surface area contributed by atoms with E-state index in [1.54, 1.807) is 17.0 Å². The Bertz CT molecular complexity index is 506. The summed E-state index contributed by atoms with van der Waals surface area (Å²) in [5, 5.41) is 9.85. The Labute approximate surface area is 133 Å². The molecule has 0 saturated heterocycles. The van der Waals surface area contributed by atoms with Crippen molar-refractivity contribution in [2.24, 2.45) is 11.7 Å². The van der Waals surface area contributed by atoms with Crippen molar-refractivity contribution in [3.63, 3.8) is 0 Å². The van der Waals surface area contributed by atoms with Gasteiger partial charge in [-0.3, -0.25) is 4.79 Å². The van der Waals surface area contributed by atoms with Crippen LogP contribution in [0.5, 0.6) is 5.75 Å². The van der Waals surface area contributed by atoms with Crippen molar-refractivity contribution < 1.29 is 9.90 Å². The summed E-state index contributed by atoms with van der Waals surface area (Å²) in [6.07, 6.45) is 0.475. The minimum Gasteiger partial charge on any atom is -0.507 e. The number of amides is 1. The number of phenols is 1. The molecular formula is C14H19BrN2O2S. The van der Waals surface area contributed by atoms with Crippen LogP contribution in [0.3, 0.4) is 0 Å². The number of aromatic hydroxyl groups is 1. The van der Waals surface area contributed by atoms with Gasteiger partial charge in [0.2, 0.25) is 0 Å². The summed E-state index contributed by atoms with van der Waals surface area (Å²) in [6, 6.07) is 4.80. The summed E-state index contributed by atoms with van der Waals surface area (Å²) in [6.45, 7) is 5.11. The summed E-state index contributed by atoms with van der Waals surface area (Å²) < 4.78 is 0.748. The molecule has 0 aromatic heterocycles. The van der Waals surface area contributed by atoms with E-state index in [0.29, 0.717) is 30.4 Å². The van der Waals surface area contributed by atoms with Crippen molar-refractivity contribution in [1.82, 2.24) is 4.90 Å². The van der Waals surface area contributed by atoms with Gasteiger partial charge in [0, 0.05) is 24.0 Å². The molecule has 0 fully saturated rings. The van der Waals surface area contributed by atoms with E-state index < -0.39 is 0 Å². The molecule has 6 heteroatoms. The molecule has 0 radical (unpaired) electrons. The molecule has 0 unspecified atom stereocenters. The topological polar surface area (TPSA) is 66.6 Å². The summed E-state index contributed by atoms with van der Waals surface area (Å²) in [5.74, 6) is 0.0793. The van der Waals surface area contributed by atoms with Gasteiger partial charge in [-0.1, -0.05) is 42.0 Å². The first-order valence-corrected chi connectivity index (χ1v) is 7.57. The standard InChI is InChI=1S/C14H19BrN2O2S/c1-9(2)8-17(6-5-13(16)20)14(19)11-7-10(15)3-4-12(11)18/h3-4,7,9,18H,5-6,8H2,1-2H3,(H2,16,20). The van der Waals surface area contributed by atoms with E-state index in [9.17, 15) is 9.90 Å². The minimum atomic E-state index is -0.214. The molecule has 0 atom stereocenters. The number of thiocarbonyl (C=S) groups is 1. The number of rotatable bonds is 6. The molecule has 3 N–H and O–H groups in total. The number of hydrogen-bond donors (Lipinski definition) is 2. The first kappa shape index (κ1) is 16.9. The van der Waals surface area contributed by atoms with Crippen LogP contribution in [0.2, 0.25) is 0 Å². The maximum absolute atomic E-state index is 12.5. The molecule has 0 aliphatic carbocycles. The summed E-state index contributed by atoms with van der Waals surface area (Å²) in [5.41, 5.74) is 5.78. The Hall–Kier alpha value is -1.14. The van der Waals surface area contributed by atoms with Crippen LogP contribution >= 0.6 is 28.1 Å². The van der Waals surface area contributed by atoms with Gasteiger partial charge >= 0.3 is 0 Å². The molecule has 1 amide bonds. The zero-order chi connectivity index (χ0) is 15.3. The Kier molecular flexibility index (Phi) is 6.42. The molecule has 1 rings (SSSR count). The molecule has 1 aromatic carbocycles. The molecular weight excluding hydrogens is 340 g/mol. The van der Waals surface area contributed by atoms with Gasteiger partial charge in [-0.15, -0.1) is 0 Å². The van der Waals surface area contributed by atoms with E-state index in [2.05, 4.69) is 15.9 Å². The number of hydrogen-bond acceptors (Lipinski definition) is 3. The Balaban J connectivity index is 2.96. The fraction of sp³-hybridized carbons (Fsp3) is 0.429. The van der Waals surface area contributed by atoms with Crippen molar-refractivity contribution in [2.45, 2.75) is 20.3 Å². The number of nitrogens with zero attached hydrogens (tertiary/aromatic N) is 1. The van der Waals surface area contributed by atoms with Crippen LogP contribution in [-0.4, -0.2) is 34.0 Å². The quantitative estimate of drug-likeness (QED) is 0.767.